The van der Waals surface area contributed by atoms with Crippen molar-refractivity contribution in [1.29, 1.82) is 0 Å². The van der Waals surface area contributed by atoms with E-state index in [9.17, 15) is 13.2 Å². The van der Waals surface area contributed by atoms with Crippen molar-refractivity contribution < 1.29 is 13.2 Å². The molecule has 1 amide bonds. The summed E-state index contributed by atoms with van der Waals surface area (Å²) in [4.78, 5) is 11.9. The summed E-state index contributed by atoms with van der Waals surface area (Å²) in [7, 11) is -3.14. The summed E-state index contributed by atoms with van der Waals surface area (Å²) in [6.07, 6.45) is 4.06. The number of hydrogen-bond acceptors (Lipinski definition) is 6. The first-order chi connectivity index (χ1) is 9.88. The Hall–Kier alpha value is -1.52. The average molecular weight is 316 g/mol. The number of nitrogens with two attached hydrogens (primary N) is 1. The van der Waals surface area contributed by atoms with E-state index in [1.165, 1.54) is 15.2 Å². The normalized spacial score (nSPS) is 17.8. The molecule has 0 saturated carbocycles. The lowest BCUT2D eigenvalue weighted by atomic mass is 10.1. The molecule has 0 unspecified atom stereocenters. The summed E-state index contributed by atoms with van der Waals surface area (Å²) in [5.41, 5.74) is 6.05. The molecule has 1 saturated heterocycles. The maximum atomic E-state index is 11.9. The first-order valence-corrected chi connectivity index (χ1v) is 8.57. The molecule has 1 fully saturated rings. The van der Waals surface area contributed by atoms with Gasteiger partial charge in [0.15, 0.2) is 0 Å². The minimum absolute atomic E-state index is 0.00648. The van der Waals surface area contributed by atoms with Crippen molar-refractivity contribution in [3.63, 3.8) is 0 Å². The van der Waals surface area contributed by atoms with E-state index < -0.39 is 10.0 Å². The molecule has 0 spiro atoms. The predicted octanol–water partition coefficient (Wildman–Crippen LogP) is -1.72. The SMILES string of the molecule is CS(=O)(=O)N1CCC(NC(=O)Cn2cc(CN)nn2)CC1. The van der Waals surface area contributed by atoms with E-state index in [-0.39, 0.29) is 25.0 Å². The molecular weight excluding hydrogens is 296 g/mol. The number of sulfonamides is 1. The van der Waals surface area contributed by atoms with Gasteiger partial charge in [-0.1, -0.05) is 5.21 Å². The van der Waals surface area contributed by atoms with Crippen LogP contribution in [0, 0.1) is 0 Å². The van der Waals surface area contributed by atoms with Crippen LogP contribution in [0.5, 0.6) is 0 Å². The molecule has 1 aliphatic heterocycles. The molecule has 118 valence electrons. The van der Waals surface area contributed by atoms with Crippen LogP contribution in [-0.4, -0.2) is 59.0 Å². The second kappa shape index (κ2) is 6.50. The van der Waals surface area contributed by atoms with Crippen molar-refractivity contribution in [1.82, 2.24) is 24.6 Å². The summed E-state index contributed by atoms with van der Waals surface area (Å²) < 4.78 is 25.7. The number of amides is 1. The Labute approximate surface area is 123 Å². The number of rotatable bonds is 5. The fourth-order valence-corrected chi connectivity index (χ4v) is 3.14. The number of aromatic nitrogens is 3. The van der Waals surface area contributed by atoms with Gasteiger partial charge in [-0.2, -0.15) is 0 Å². The van der Waals surface area contributed by atoms with E-state index in [0.29, 0.717) is 31.6 Å². The van der Waals surface area contributed by atoms with Crippen molar-refractivity contribution in [2.45, 2.75) is 32.0 Å². The second-order valence-corrected chi connectivity index (χ2v) is 7.10. The van der Waals surface area contributed by atoms with Crippen molar-refractivity contribution in [2.75, 3.05) is 19.3 Å². The highest BCUT2D eigenvalue weighted by Crippen LogP contribution is 2.13. The molecule has 1 aliphatic rings. The first kappa shape index (κ1) is 15.9. The number of hydrogen-bond donors (Lipinski definition) is 2. The lowest BCUT2D eigenvalue weighted by Crippen LogP contribution is -2.46. The van der Waals surface area contributed by atoms with Crippen molar-refractivity contribution in [3.8, 4) is 0 Å². The maximum Gasteiger partial charge on any atom is 0.242 e. The molecule has 0 aliphatic carbocycles. The Kier molecular flexibility index (Phi) is 4.91. The lowest BCUT2D eigenvalue weighted by molar-refractivity contribution is -0.122. The van der Waals surface area contributed by atoms with Gasteiger partial charge in [0, 0.05) is 25.7 Å². The fraction of sp³-hybridized carbons (Fsp3) is 0.727. The van der Waals surface area contributed by atoms with Crippen molar-refractivity contribution in [2.24, 2.45) is 5.73 Å². The van der Waals surface area contributed by atoms with E-state index in [1.807, 2.05) is 0 Å². The quantitative estimate of drug-likeness (QED) is 0.666. The second-order valence-electron chi connectivity index (χ2n) is 5.12. The van der Waals surface area contributed by atoms with Gasteiger partial charge in [-0.3, -0.25) is 4.79 Å². The molecule has 0 atom stereocenters. The largest absolute Gasteiger partial charge is 0.352 e. The molecule has 9 nitrogen and oxygen atoms in total. The number of nitrogens with zero attached hydrogens (tertiary/aromatic N) is 4. The van der Waals surface area contributed by atoms with Crippen LogP contribution in [0.15, 0.2) is 6.20 Å². The highest BCUT2D eigenvalue weighted by molar-refractivity contribution is 7.88. The molecule has 0 radical (unpaired) electrons. The van der Waals surface area contributed by atoms with Gasteiger partial charge >= 0.3 is 0 Å². The Morgan fingerprint density at radius 3 is 2.67 bits per heavy atom. The lowest BCUT2D eigenvalue weighted by Gasteiger charge is -2.30. The van der Waals surface area contributed by atoms with Gasteiger partial charge in [0.25, 0.3) is 0 Å². The highest BCUT2D eigenvalue weighted by atomic mass is 32.2. The van der Waals surface area contributed by atoms with Gasteiger partial charge in [0.2, 0.25) is 15.9 Å². The Morgan fingerprint density at radius 1 is 1.48 bits per heavy atom. The number of carbonyl (C=O) groups excluding carboxylic acids is 1. The highest BCUT2D eigenvalue weighted by Gasteiger charge is 2.25. The zero-order chi connectivity index (χ0) is 15.5. The van der Waals surface area contributed by atoms with Gasteiger partial charge in [-0.25, -0.2) is 17.4 Å². The number of piperidine rings is 1. The van der Waals surface area contributed by atoms with E-state index >= 15 is 0 Å². The summed E-state index contributed by atoms with van der Waals surface area (Å²) in [5, 5.41) is 10.5. The third-order valence-corrected chi connectivity index (χ3v) is 4.69. The Balaban J connectivity index is 1.79. The van der Waals surface area contributed by atoms with Crippen LogP contribution < -0.4 is 11.1 Å². The van der Waals surface area contributed by atoms with E-state index in [1.54, 1.807) is 6.20 Å². The minimum Gasteiger partial charge on any atom is -0.352 e. The maximum absolute atomic E-state index is 11.9. The number of nitrogens with one attached hydrogen (secondary N) is 1. The van der Waals surface area contributed by atoms with Crippen LogP contribution in [0.1, 0.15) is 18.5 Å². The summed E-state index contributed by atoms with van der Waals surface area (Å²) in [6.45, 7) is 1.24. The van der Waals surface area contributed by atoms with Gasteiger partial charge in [0.1, 0.15) is 6.54 Å². The monoisotopic (exact) mass is 316 g/mol. The topological polar surface area (TPSA) is 123 Å². The third-order valence-electron chi connectivity index (χ3n) is 3.39. The standard InChI is InChI=1S/C11H20N6O3S/c1-21(19,20)17-4-2-9(3-5-17)13-11(18)8-16-7-10(6-12)14-15-16/h7,9H,2-6,8,12H2,1H3,(H,13,18). The third kappa shape index (κ3) is 4.48. The first-order valence-electron chi connectivity index (χ1n) is 6.72. The molecule has 2 heterocycles. The minimum atomic E-state index is -3.14. The fourth-order valence-electron chi connectivity index (χ4n) is 2.26. The van der Waals surface area contributed by atoms with E-state index in [0.717, 1.165) is 0 Å². The van der Waals surface area contributed by atoms with E-state index in [2.05, 4.69) is 15.6 Å². The van der Waals surface area contributed by atoms with Crippen LogP contribution in [0.2, 0.25) is 0 Å². The number of carbonyl (C=O) groups is 1. The average Bonchev–Trinajstić information content (AvgIpc) is 2.85. The van der Waals surface area contributed by atoms with Crippen molar-refractivity contribution in [3.05, 3.63) is 11.9 Å². The van der Waals surface area contributed by atoms with Gasteiger partial charge in [-0.05, 0) is 12.8 Å². The molecule has 3 N–H and O–H groups in total. The molecule has 1 aromatic heterocycles. The van der Waals surface area contributed by atoms with Gasteiger partial charge < -0.3 is 11.1 Å². The predicted molar refractivity (Wildman–Crippen MR) is 75.5 cm³/mol. The molecule has 0 bridgehead atoms. The molecule has 0 aromatic carbocycles. The summed E-state index contributed by atoms with van der Waals surface area (Å²) >= 11 is 0. The van der Waals surface area contributed by atoms with Crippen LogP contribution in [-0.2, 0) is 27.9 Å². The van der Waals surface area contributed by atoms with Crippen molar-refractivity contribution >= 4 is 15.9 Å². The zero-order valence-corrected chi connectivity index (χ0v) is 12.7. The molecule has 2 rings (SSSR count). The molecule has 1 aromatic rings. The summed E-state index contributed by atoms with van der Waals surface area (Å²) in [5.74, 6) is -0.165. The molecular formula is C11H20N6O3S. The summed E-state index contributed by atoms with van der Waals surface area (Å²) in [6, 6.07) is -0.00648. The van der Waals surface area contributed by atoms with Gasteiger partial charge in [-0.15, -0.1) is 5.10 Å². The van der Waals surface area contributed by atoms with Gasteiger partial charge in [0.05, 0.1) is 18.1 Å². The zero-order valence-electron chi connectivity index (χ0n) is 11.9. The smallest absolute Gasteiger partial charge is 0.242 e. The molecule has 10 heteroatoms. The Bertz CT molecular complexity index is 591. The van der Waals surface area contributed by atoms with E-state index in [4.69, 9.17) is 5.73 Å². The van der Waals surface area contributed by atoms with Crippen LogP contribution in [0.25, 0.3) is 0 Å². The Morgan fingerprint density at radius 2 is 2.14 bits per heavy atom. The van der Waals surface area contributed by atoms with Crippen LogP contribution in [0.3, 0.4) is 0 Å². The van der Waals surface area contributed by atoms with Crippen LogP contribution >= 0.6 is 0 Å². The van der Waals surface area contributed by atoms with Crippen LogP contribution in [0.4, 0.5) is 0 Å². The molecule has 21 heavy (non-hydrogen) atoms.